The highest BCUT2D eigenvalue weighted by Crippen LogP contribution is 2.39. The van der Waals surface area contributed by atoms with Gasteiger partial charge in [-0.25, -0.2) is 0 Å². The molecule has 3 aromatic rings. The number of benzene rings is 1. The first-order valence-corrected chi connectivity index (χ1v) is 7.25. The van der Waals surface area contributed by atoms with Crippen LogP contribution in [0, 0.1) is 35.2 Å². The fraction of sp³-hybridized carbons (Fsp3) is 0. The first-order chi connectivity index (χ1) is 13.2. The molecular weight excluding hydrogens is 394 g/mol. The van der Waals surface area contributed by atoms with Gasteiger partial charge in [0.25, 0.3) is 11.9 Å². The van der Waals surface area contributed by atoms with Gasteiger partial charge in [-0.3, -0.25) is 0 Å². The smallest absolute Gasteiger partial charge is 0.255 e. The molecule has 28 heavy (non-hydrogen) atoms. The van der Waals surface area contributed by atoms with Crippen molar-refractivity contribution in [2.24, 2.45) is 0 Å². The SMILES string of the molecule is Nc1nc(F)c(F)c(Oc2ccccc2Oc2c(F)c(N)nc(F)c2F)c1F. The van der Waals surface area contributed by atoms with Gasteiger partial charge in [0.05, 0.1) is 0 Å². The number of rotatable bonds is 4. The van der Waals surface area contributed by atoms with Gasteiger partial charge in [-0.1, -0.05) is 12.1 Å². The molecule has 0 bridgehead atoms. The molecule has 12 heteroatoms. The molecule has 0 spiro atoms. The summed E-state index contributed by atoms with van der Waals surface area (Å²) in [6, 6.07) is 4.74. The van der Waals surface area contributed by atoms with Crippen LogP contribution >= 0.6 is 0 Å². The Bertz CT molecular complexity index is 943. The minimum absolute atomic E-state index is 0.514. The number of ether oxygens (including phenoxy) is 2. The van der Waals surface area contributed by atoms with Crippen LogP contribution in [0.2, 0.25) is 0 Å². The molecular formula is C16H8F6N4O2. The van der Waals surface area contributed by atoms with E-state index in [4.69, 9.17) is 20.9 Å². The summed E-state index contributed by atoms with van der Waals surface area (Å²) in [5.74, 6) is -15.7. The maximum atomic E-state index is 14.0. The van der Waals surface area contributed by atoms with Crippen molar-refractivity contribution in [1.29, 1.82) is 0 Å². The molecule has 0 fully saturated rings. The summed E-state index contributed by atoms with van der Waals surface area (Å²) in [4.78, 5) is 5.59. The van der Waals surface area contributed by atoms with E-state index < -0.39 is 69.8 Å². The summed E-state index contributed by atoms with van der Waals surface area (Å²) in [5.41, 5.74) is 10.2. The summed E-state index contributed by atoms with van der Waals surface area (Å²) in [6.07, 6.45) is 0. The number of nitrogens with zero attached hydrogens (tertiary/aromatic N) is 2. The molecule has 0 radical (unpaired) electrons. The lowest BCUT2D eigenvalue weighted by Gasteiger charge is -2.14. The van der Waals surface area contributed by atoms with E-state index in [0.29, 0.717) is 0 Å². The van der Waals surface area contributed by atoms with Crippen molar-refractivity contribution >= 4 is 11.6 Å². The molecule has 4 N–H and O–H groups in total. The van der Waals surface area contributed by atoms with Gasteiger partial charge in [0.15, 0.2) is 23.1 Å². The van der Waals surface area contributed by atoms with Gasteiger partial charge < -0.3 is 20.9 Å². The predicted octanol–water partition coefficient (Wildman–Crippen LogP) is 4.06. The van der Waals surface area contributed by atoms with Crippen molar-refractivity contribution < 1.29 is 35.8 Å². The number of hydrogen-bond donors (Lipinski definition) is 2. The second kappa shape index (κ2) is 7.13. The van der Waals surface area contributed by atoms with Crippen LogP contribution in [0.15, 0.2) is 24.3 Å². The second-order valence-electron chi connectivity index (χ2n) is 5.14. The lowest BCUT2D eigenvalue weighted by atomic mass is 10.3. The number of pyridine rings is 2. The molecule has 3 rings (SSSR count). The van der Waals surface area contributed by atoms with Crippen LogP contribution in [0.3, 0.4) is 0 Å². The summed E-state index contributed by atoms with van der Waals surface area (Å²) >= 11 is 0. The molecule has 2 aromatic heterocycles. The van der Waals surface area contributed by atoms with Gasteiger partial charge in [-0.05, 0) is 12.1 Å². The highest BCUT2D eigenvalue weighted by molar-refractivity contribution is 5.49. The van der Waals surface area contributed by atoms with Crippen molar-refractivity contribution in [2.45, 2.75) is 0 Å². The fourth-order valence-electron chi connectivity index (χ4n) is 2.04. The van der Waals surface area contributed by atoms with E-state index >= 15 is 0 Å². The minimum Gasteiger partial charge on any atom is -0.447 e. The monoisotopic (exact) mass is 402 g/mol. The number of hydrogen-bond acceptors (Lipinski definition) is 6. The molecule has 0 saturated carbocycles. The number of para-hydroxylation sites is 2. The van der Waals surface area contributed by atoms with Crippen LogP contribution in [0.5, 0.6) is 23.0 Å². The van der Waals surface area contributed by atoms with Gasteiger partial charge in [-0.15, -0.1) is 0 Å². The number of aromatic nitrogens is 2. The zero-order valence-corrected chi connectivity index (χ0v) is 13.4. The Morgan fingerprint density at radius 3 is 1.32 bits per heavy atom. The van der Waals surface area contributed by atoms with Gasteiger partial charge in [0.1, 0.15) is 0 Å². The van der Waals surface area contributed by atoms with E-state index in [1.807, 2.05) is 0 Å². The molecule has 0 unspecified atom stereocenters. The standard InChI is InChI=1S/C16H8F6N4O2/c17-7-11(9(19)15(23)25-13(7)21)27-5-3-1-2-4-6(5)28-12-8(18)14(22)26-16(24)10(12)20/h1-4H,(H2,23,25)(H2,24,26). The molecule has 2 heterocycles. The maximum absolute atomic E-state index is 14.0. The van der Waals surface area contributed by atoms with E-state index in [1.54, 1.807) is 0 Å². The van der Waals surface area contributed by atoms with E-state index in [2.05, 4.69) is 9.97 Å². The molecule has 0 aliphatic carbocycles. The van der Waals surface area contributed by atoms with E-state index in [0.717, 1.165) is 12.1 Å². The highest BCUT2D eigenvalue weighted by atomic mass is 19.2. The van der Waals surface area contributed by atoms with Crippen LogP contribution in [0.25, 0.3) is 0 Å². The Morgan fingerprint density at radius 2 is 0.964 bits per heavy atom. The van der Waals surface area contributed by atoms with Crippen LogP contribution in [0.4, 0.5) is 38.0 Å². The molecule has 6 nitrogen and oxygen atoms in total. The normalized spacial score (nSPS) is 10.8. The van der Waals surface area contributed by atoms with Crippen LogP contribution in [-0.4, -0.2) is 9.97 Å². The van der Waals surface area contributed by atoms with Gasteiger partial charge in [0.2, 0.25) is 34.8 Å². The Labute approximate surface area is 152 Å². The molecule has 1 aromatic carbocycles. The van der Waals surface area contributed by atoms with E-state index in [1.165, 1.54) is 12.1 Å². The molecule has 0 amide bonds. The lowest BCUT2D eigenvalue weighted by molar-refractivity contribution is 0.344. The first kappa shape index (κ1) is 19.1. The maximum Gasteiger partial charge on any atom is 0.255 e. The summed E-state index contributed by atoms with van der Waals surface area (Å²) in [5, 5.41) is 0. The van der Waals surface area contributed by atoms with Crippen molar-refractivity contribution in [3.63, 3.8) is 0 Å². The predicted molar refractivity (Wildman–Crippen MR) is 83.6 cm³/mol. The average Bonchev–Trinajstić information content (AvgIpc) is 2.66. The van der Waals surface area contributed by atoms with Gasteiger partial charge in [-0.2, -0.15) is 36.3 Å². The number of nitrogens with two attached hydrogens (primary N) is 2. The van der Waals surface area contributed by atoms with Crippen molar-refractivity contribution in [3.05, 3.63) is 59.4 Å². The largest absolute Gasteiger partial charge is 0.447 e. The highest BCUT2D eigenvalue weighted by Gasteiger charge is 2.25. The molecule has 0 saturated heterocycles. The van der Waals surface area contributed by atoms with Crippen LogP contribution < -0.4 is 20.9 Å². The van der Waals surface area contributed by atoms with Crippen molar-refractivity contribution in [3.8, 4) is 23.0 Å². The van der Waals surface area contributed by atoms with E-state index in [-0.39, 0.29) is 0 Å². The summed E-state index contributed by atoms with van der Waals surface area (Å²) < 4.78 is 92.2. The summed E-state index contributed by atoms with van der Waals surface area (Å²) in [6.45, 7) is 0. The summed E-state index contributed by atoms with van der Waals surface area (Å²) in [7, 11) is 0. The Morgan fingerprint density at radius 1 is 0.607 bits per heavy atom. The van der Waals surface area contributed by atoms with E-state index in [9.17, 15) is 26.3 Å². The molecule has 0 aliphatic rings. The van der Waals surface area contributed by atoms with Crippen molar-refractivity contribution in [2.75, 3.05) is 11.5 Å². The number of anilines is 2. The zero-order chi connectivity index (χ0) is 20.6. The third-order valence-electron chi connectivity index (χ3n) is 3.32. The Kier molecular flexibility index (Phi) is 4.86. The quantitative estimate of drug-likeness (QED) is 0.505. The van der Waals surface area contributed by atoms with Crippen LogP contribution in [0.1, 0.15) is 0 Å². The molecule has 0 atom stereocenters. The van der Waals surface area contributed by atoms with Crippen molar-refractivity contribution in [1.82, 2.24) is 9.97 Å². The molecule has 146 valence electrons. The molecule has 0 aliphatic heterocycles. The first-order valence-electron chi connectivity index (χ1n) is 7.25. The third kappa shape index (κ3) is 3.31. The van der Waals surface area contributed by atoms with Gasteiger partial charge >= 0.3 is 0 Å². The average molecular weight is 402 g/mol. The number of nitrogen functional groups attached to an aromatic ring is 2. The number of halogens is 6. The van der Waals surface area contributed by atoms with Crippen LogP contribution in [-0.2, 0) is 0 Å². The Hall–Kier alpha value is -3.70. The van der Waals surface area contributed by atoms with Gasteiger partial charge in [0, 0.05) is 0 Å². The fourth-order valence-corrected chi connectivity index (χ4v) is 2.04. The minimum atomic E-state index is -1.81. The lowest BCUT2D eigenvalue weighted by Crippen LogP contribution is -2.06. The topological polar surface area (TPSA) is 96.3 Å². The Balaban J connectivity index is 2.06. The zero-order valence-electron chi connectivity index (χ0n) is 13.4. The third-order valence-corrected chi connectivity index (χ3v) is 3.32. The second-order valence-corrected chi connectivity index (χ2v) is 5.14.